The molecule has 0 atom stereocenters. The topological polar surface area (TPSA) is 79.0 Å². The van der Waals surface area contributed by atoms with Gasteiger partial charge in [0.05, 0.1) is 26.1 Å². The van der Waals surface area contributed by atoms with E-state index < -0.39 is 0 Å². The zero-order chi connectivity index (χ0) is 23.9. The minimum absolute atomic E-state index is 0.287. The van der Waals surface area contributed by atoms with E-state index in [-0.39, 0.29) is 6.03 Å². The van der Waals surface area contributed by atoms with Crippen molar-refractivity contribution in [3.8, 4) is 11.5 Å². The summed E-state index contributed by atoms with van der Waals surface area (Å²) in [5, 5.41) is 5.71. The van der Waals surface area contributed by atoms with Gasteiger partial charge in [-0.15, -0.1) is 0 Å². The Morgan fingerprint density at radius 3 is 2.41 bits per heavy atom. The van der Waals surface area contributed by atoms with Crippen LogP contribution in [0.2, 0.25) is 0 Å². The van der Waals surface area contributed by atoms with Gasteiger partial charge in [0.25, 0.3) is 0 Å². The third-order valence-electron chi connectivity index (χ3n) is 5.97. The van der Waals surface area contributed by atoms with Crippen molar-refractivity contribution in [3.63, 3.8) is 0 Å². The van der Waals surface area contributed by atoms with Gasteiger partial charge in [-0.1, -0.05) is 30.3 Å². The number of aryl methyl sites for hydroxylation is 1. The van der Waals surface area contributed by atoms with E-state index in [1.54, 1.807) is 20.4 Å². The number of rotatable bonds is 7. The highest BCUT2D eigenvalue weighted by Crippen LogP contribution is 2.31. The third kappa shape index (κ3) is 5.58. The lowest BCUT2D eigenvalue weighted by molar-refractivity contribution is 0.244. The van der Waals surface area contributed by atoms with Crippen molar-refractivity contribution in [3.05, 3.63) is 71.9 Å². The van der Waals surface area contributed by atoms with Crippen molar-refractivity contribution in [2.75, 3.05) is 55.9 Å². The molecule has 3 aromatic rings. The quantitative estimate of drug-likeness (QED) is 0.544. The molecule has 1 saturated heterocycles. The average molecular weight is 462 g/mol. The number of anilines is 3. The number of amides is 2. The van der Waals surface area contributed by atoms with Crippen molar-refractivity contribution in [1.29, 1.82) is 0 Å². The molecule has 8 nitrogen and oxygen atoms in total. The fourth-order valence-corrected chi connectivity index (χ4v) is 4.10. The van der Waals surface area contributed by atoms with Crippen molar-refractivity contribution >= 4 is 23.2 Å². The lowest BCUT2D eigenvalue weighted by Gasteiger charge is -2.35. The van der Waals surface area contributed by atoms with Crippen molar-refractivity contribution in [2.24, 2.45) is 0 Å². The standard InChI is InChI=1S/C26H31N5O3/c1-19-7-4-5-9-22(19)29-26(32)28-21-11-12-24(27-17-21)31-15-13-30(14-16-31)18-20-8-6-10-23(33-2)25(20)34-3/h4-12,17H,13-16,18H2,1-3H3,(H2,28,29,32). The molecule has 4 rings (SSSR count). The molecule has 178 valence electrons. The second-order valence-electron chi connectivity index (χ2n) is 8.21. The van der Waals surface area contributed by atoms with Crippen LogP contribution in [0.25, 0.3) is 0 Å². The summed E-state index contributed by atoms with van der Waals surface area (Å²) in [6.45, 7) is 6.35. The second-order valence-corrected chi connectivity index (χ2v) is 8.21. The number of urea groups is 1. The number of nitrogens with one attached hydrogen (secondary N) is 2. The molecule has 0 aliphatic carbocycles. The van der Waals surface area contributed by atoms with Gasteiger partial charge in [-0.3, -0.25) is 4.90 Å². The molecule has 1 fully saturated rings. The van der Waals surface area contributed by atoms with Crippen molar-refractivity contribution in [1.82, 2.24) is 9.88 Å². The van der Waals surface area contributed by atoms with Crippen LogP contribution in [0, 0.1) is 6.92 Å². The number of para-hydroxylation sites is 2. The number of hydrogen-bond donors (Lipinski definition) is 2. The van der Waals surface area contributed by atoms with Crippen LogP contribution in [-0.4, -0.2) is 56.3 Å². The maximum Gasteiger partial charge on any atom is 0.323 e. The number of aromatic nitrogens is 1. The normalized spacial score (nSPS) is 13.9. The molecule has 2 amide bonds. The molecule has 0 saturated carbocycles. The smallest absolute Gasteiger partial charge is 0.323 e. The highest BCUT2D eigenvalue weighted by molar-refractivity contribution is 6.00. The number of pyridine rings is 1. The SMILES string of the molecule is COc1cccc(CN2CCN(c3ccc(NC(=O)Nc4ccccc4C)cn3)CC2)c1OC. The van der Waals surface area contributed by atoms with Crippen molar-refractivity contribution in [2.45, 2.75) is 13.5 Å². The van der Waals surface area contributed by atoms with E-state index in [2.05, 4.69) is 31.5 Å². The average Bonchev–Trinajstić information content (AvgIpc) is 2.86. The summed E-state index contributed by atoms with van der Waals surface area (Å²) in [5.74, 6) is 2.45. The van der Waals surface area contributed by atoms with Crippen LogP contribution in [0.15, 0.2) is 60.8 Å². The van der Waals surface area contributed by atoms with Crippen LogP contribution in [0.3, 0.4) is 0 Å². The molecular formula is C26H31N5O3. The Balaban J connectivity index is 1.29. The van der Waals surface area contributed by atoms with Gasteiger partial charge >= 0.3 is 6.03 Å². The Kier molecular flexibility index (Phi) is 7.49. The van der Waals surface area contributed by atoms with Crippen molar-refractivity contribution < 1.29 is 14.3 Å². The maximum absolute atomic E-state index is 12.3. The predicted molar refractivity (Wildman–Crippen MR) is 135 cm³/mol. The molecule has 2 heterocycles. The number of nitrogens with zero attached hydrogens (tertiary/aromatic N) is 3. The van der Waals surface area contributed by atoms with Gasteiger partial charge < -0.3 is 25.0 Å². The largest absolute Gasteiger partial charge is 0.493 e. The number of hydrogen-bond acceptors (Lipinski definition) is 6. The first kappa shape index (κ1) is 23.4. The molecule has 8 heteroatoms. The molecule has 0 bridgehead atoms. The highest BCUT2D eigenvalue weighted by atomic mass is 16.5. The Morgan fingerprint density at radius 1 is 0.941 bits per heavy atom. The van der Waals surface area contributed by atoms with Crippen LogP contribution < -0.4 is 25.0 Å². The Bertz CT molecular complexity index is 1110. The molecule has 0 radical (unpaired) electrons. The molecule has 1 aromatic heterocycles. The molecule has 0 spiro atoms. The van der Waals surface area contributed by atoms with E-state index in [1.165, 1.54) is 0 Å². The van der Waals surface area contributed by atoms with E-state index >= 15 is 0 Å². The van der Waals surface area contributed by atoms with Gasteiger partial charge in [0.2, 0.25) is 0 Å². The van der Waals surface area contributed by atoms with Gasteiger partial charge in [-0.05, 0) is 36.8 Å². The van der Waals surface area contributed by atoms with E-state index in [9.17, 15) is 4.79 Å². The third-order valence-corrected chi connectivity index (χ3v) is 5.97. The van der Waals surface area contributed by atoms with Crippen LogP contribution >= 0.6 is 0 Å². The first-order chi connectivity index (χ1) is 16.6. The summed E-state index contributed by atoms with van der Waals surface area (Å²) >= 11 is 0. The lowest BCUT2D eigenvalue weighted by Crippen LogP contribution is -2.46. The number of benzene rings is 2. The van der Waals surface area contributed by atoms with Crippen LogP contribution in [0.5, 0.6) is 11.5 Å². The summed E-state index contributed by atoms with van der Waals surface area (Å²) in [6.07, 6.45) is 1.69. The number of carbonyl (C=O) groups excluding carboxylic acids is 1. The molecule has 1 aliphatic heterocycles. The zero-order valence-corrected chi connectivity index (χ0v) is 19.9. The lowest BCUT2D eigenvalue weighted by atomic mass is 10.1. The number of ether oxygens (including phenoxy) is 2. The predicted octanol–water partition coefficient (Wildman–Crippen LogP) is 4.37. The molecule has 34 heavy (non-hydrogen) atoms. The van der Waals surface area contributed by atoms with E-state index in [4.69, 9.17) is 9.47 Å². The van der Waals surface area contributed by atoms with Crippen LogP contribution in [0.1, 0.15) is 11.1 Å². The van der Waals surface area contributed by atoms with Crippen LogP contribution in [0.4, 0.5) is 22.0 Å². The van der Waals surface area contributed by atoms with Gasteiger partial charge in [0.1, 0.15) is 5.82 Å². The first-order valence-corrected chi connectivity index (χ1v) is 11.3. The maximum atomic E-state index is 12.3. The van der Waals surface area contributed by atoms with E-state index in [0.717, 1.165) is 66.9 Å². The fourth-order valence-electron chi connectivity index (χ4n) is 4.10. The minimum Gasteiger partial charge on any atom is -0.493 e. The van der Waals surface area contributed by atoms with Gasteiger partial charge in [0, 0.05) is 44.0 Å². The Labute approximate surface area is 200 Å². The monoisotopic (exact) mass is 461 g/mol. The first-order valence-electron chi connectivity index (χ1n) is 11.3. The van der Waals surface area contributed by atoms with Gasteiger partial charge in [-0.25, -0.2) is 9.78 Å². The zero-order valence-electron chi connectivity index (χ0n) is 19.9. The van der Waals surface area contributed by atoms with Gasteiger partial charge in [-0.2, -0.15) is 0 Å². The fraction of sp³-hybridized carbons (Fsp3) is 0.308. The highest BCUT2D eigenvalue weighted by Gasteiger charge is 2.20. The Hall–Kier alpha value is -3.78. The number of methoxy groups -OCH3 is 2. The summed E-state index contributed by atoms with van der Waals surface area (Å²) in [6, 6.07) is 17.2. The molecule has 2 aromatic carbocycles. The summed E-state index contributed by atoms with van der Waals surface area (Å²) < 4.78 is 11.0. The van der Waals surface area contributed by atoms with E-state index in [0.29, 0.717) is 5.69 Å². The number of carbonyl (C=O) groups is 1. The summed E-state index contributed by atoms with van der Waals surface area (Å²) in [5.41, 5.74) is 3.57. The molecule has 2 N–H and O–H groups in total. The van der Waals surface area contributed by atoms with Gasteiger partial charge in [0.15, 0.2) is 11.5 Å². The summed E-state index contributed by atoms with van der Waals surface area (Å²) in [7, 11) is 3.33. The number of piperazine rings is 1. The molecule has 0 unspecified atom stereocenters. The molecular weight excluding hydrogens is 430 g/mol. The molecule has 1 aliphatic rings. The van der Waals surface area contributed by atoms with E-state index in [1.807, 2.05) is 55.5 Å². The second kappa shape index (κ2) is 10.9. The van der Waals surface area contributed by atoms with Crippen LogP contribution in [-0.2, 0) is 6.54 Å². The summed E-state index contributed by atoms with van der Waals surface area (Å²) in [4.78, 5) is 21.5. The minimum atomic E-state index is -0.287. The Morgan fingerprint density at radius 2 is 1.74 bits per heavy atom.